The summed E-state index contributed by atoms with van der Waals surface area (Å²) >= 11 is 3.39. The van der Waals surface area contributed by atoms with E-state index in [4.69, 9.17) is 4.74 Å². The molecule has 1 aromatic rings. The van der Waals surface area contributed by atoms with Crippen molar-refractivity contribution in [1.29, 1.82) is 0 Å². The second-order valence-corrected chi connectivity index (χ2v) is 5.09. The first kappa shape index (κ1) is 13.9. The van der Waals surface area contributed by atoms with E-state index in [-0.39, 0.29) is 12.1 Å². The molecule has 0 saturated carbocycles. The predicted molar refractivity (Wildman–Crippen MR) is 76.1 cm³/mol. The van der Waals surface area contributed by atoms with E-state index in [9.17, 15) is 4.79 Å². The molecule has 1 aliphatic rings. The third-order valence-corrected chi connectivity index (χ3v) is 3.44. The summed E-state index contributed by atoms with van der Waals surface area (Å²) in [5.74, 6) is 0.570. The van der Waals surface area contributed by atoms with E-state index in [1.54, 1.807) is 17.2 Å². The Morgan fingerprint density at radius 3 is 3.32 bits per heavy atom. The first-order valence-electron chi connectivity index (χ1n) is 6.11. The Hall–Kier alpha value is -1.56. The molecule has 102 valence electrons. The van der Waals surface area contributed by atoms with Crippen molar-refractivity contribution in [2.45, 2.75) is 12.5 Å². The van der Waals surface area contributed by atoms with Crippen molar-refractivity contribution in [1.82, 2.24) is 15.2 Å². The van der Waals surface area contributed by atoms with Crippen molar-refractivity contribution in [2.75, 3.05) is 19.6 Å². The van der Waals surface area contributed by atoms with E-state index in [0.717, 1.165) is 10.9 Å². The van der Waals surface area contributed by atoms with Crippen LogP contribution in [0.2, 0.25) is 0 Å². The Morgan fingerprint density at radius 2 is 2.58 bits per heavy atom. The van der Waals surface area contributed by atoms with Crippen molar-refractivity contribution in [3.05, 3.63) is 35.5 Å². The molecule has 0 aromatic carbocycles. The van der Waals surface area contributed by atoms with Crippen LogP contribution in [-0.4, -0.2) is 41.7 Å². The summed E-state index contributed by atoms with van der Waals surface area (Å²) in [6.07, 6.45) is 4.14. The molecule has 1 aromatic heterocycles. The lowest BCUT2D eigenvalue weighted by Crippen LogP contribution is -2.39. The zero-order valence-corrected chi connectivity index (χ0v) is 12.1. The Balaban J connectivity index is 1.87. The van der Waals surface area contributed by atoms with Gasteiger partial charge in [0.1, 0.15) is 6.10 Å². The number of carbonyl (C=O) groups is 1. The van der Waals surface area contributed by atoms with Gasteiger partial charge in [-0.05, 0) is 28.1 Å². The van der Waals surface area contributed by atoms with Gasteiger partial charge in [0.25, 0.3) is 0 Å². The number of rotatable bonds is 4. The second kappa shape index (κ2) is 6.56. The van der Waals surface area contributed by atoms with Gasteiger partial charge in [0, 0.05) is 25.7 Å². The van der Waals surface area contributed by atoms with Crippen LogP contribution in [0, 0.1) is 0 Å². The summed E-state index contributed by atoms with van der Waals surface area (Å²) in [7, 11) is 0. The number of nitrogens with one attached hydrogen (secondary N) is 1. The number of aromatic nitrogens is 1. The third kappa shape index (κ3) is 3.70. The Labute approximate surface area is 120 Å². The summed E-state index contributed by atoms with van der Waals surface area (Å²) in [4.78, 5) is 17.7. The average Bonchev–Trinajstić information content (AvgIpc) is 2.87. The number of carbonyl (C=O) groups excluding carboxylic acids is 1. The number of likely N-dealkylation sites (tertiary alicyclic amines) is 1. The minimum Gasteiger partial charge on any atom is -0.472 e. The van der Waals surface area contributed by atoms with Crippen LogP contribution in [0.1, 0.15) is 6.42 Å². The molecule has 0 radical (unpaired) electrons. The fourth-order valence-electron chi connectivity index (χ4n) is 1.90. The largest absolute Gasteiger partial charge is 0.472 e. The minimum absolute atomic E-state index is 0.0133. The zero-order valence-electron chi connectivity index (χ0n) is 10.5. The summed E-state index contributed by atoms with van der Waals surface area (Å²) in [6.45, 7) is 5.32. The first-order chi connectivity index (χ1) is 9.20. The molecule has 0 aliphatic carbocycles. The molecule has 1 fully saturated rings. The van der Waals surface area contributed by atoms with Gasteiger partial charge in [-0.2, -0.15) is 0 Å². The molecule has 1 atom stereocenters. The molecule has 2 heterocycles. The molecule has 19 heavy (non-hydrogen) atoms. The topological polar surface area (TPSA) is 54.5 Å². The van der Waals surface area contributed by atoms with Gasteiger partial charge in [-0.15, -0.1) is 6.58 Å². The summed E-state index contributed by atoms with van der Waals surface area (Å²) in [5, 5.41) is 2.76. The molecule has 0 spiro atoms. The number of nitrogens with zero attached hydrogens (tertiary/aromatic N) is 2. The van der Waals surface area contributed by atoms with Crippen molar-refractivity contribution in [3.8, 4) is 5.88 Å². The van der Waals surface area contributed by atoms with Crippen molar-refractivity contribution >= 4 is 22.0 Å². The summed E-state index contributed by atoms with van der Waals surface area (Å²) < 4.78 is 6.61. The summed E-state index contributed by atoms with van der Waals surface area (Å²) in [5.41, 5.74) is 0. The van der Waals surface area contributed by atoms with Crippen LogP contribution in [0.3, 0.4) is 0 Å². The molecule has 0 bridgehead atoms. The molecular formula is C13H16BrN3O2. The quantitative estimate of drug-likeness (QED) is 0.863. The van der Waals surface area contributed by atoms with E-state index in [2.05, 4.69) is 32.8 Å². The highest BCUT2D eigenvalue weighted by Gasteiger charge is 2.27. The van der Waals surface area contributed by atoms with E-state index < -0.39 is 0 Å². The van der Waals surface area contributed by atoms with Gasteiger partial charge in [-0.25, -0.2) is 9.78 Å². The van der Waals surface area contributed by atoms with Gasteiger partial charge >= 0.3 is 6.03 Å². The molecule has 1 N–H and O–H groups in total. The SMILES string of the molecule is C=CCNC(=O)N1CCC(Oc2ncccc2Br)C1. The fraction of sp³-hybridized carbons (Fsp3) is 0.385. The highest BCUT2D eigenvalue weighted by atomic mass is 79.9. The average molecular weight is 326 g/mol. The molecule has 2 amide bonds. The van der Waals surface area contributed by atoms with Crippen LogP contribution in [-0.2, 0) is 0 Å². The van der Waals surface area contributed by atoms with Gasteiger partial charge in [0.2, 0.25) is 5.88 Å². The lowest BCUT2D eigenvalue weighted by Gasteiger charge is -2.17. The van der Waals surface area contributed by atoms with E-state index in [1.807, 2.05) is 12.1 Å². The lowest BCUT2D eigenvalue weighted by atomic mass is 10.3. The van der Waals surface area contributed by atoms with Gasteiger partial charge in [-0.3, -0.25) is 0 Å². The Morgan fingerprint density at radius 1 is 1.74 bits per heavy atom. The van der Waals surface area contributed by atoms with Crippen LogP contribution in [0.15, 0.2) is 35.5 Å². The molecule has 1 saturated heterocycles. The maximum Gasteiger partial charge on any atom is 0.317 e. The number of pyridine rings is 1. The van der Waals surface area contributed by atoms with E-state index in [1.165, 1.54) is 0 Å². The monoisotopic (exact) mass is 325 g/mol. The maximum atomic E-state index is 11.8. The van der Waals surface area contributed by atoms with Crippen molar-refractivity contribution < 1.29 is 9.53 Å². The molecular weight excluding hydrogens is 310 g/mol. The highest BCUT2D eigenvalue weighted by Crippen LogP contribution is 2.24. The standard InChI is InChI=1S/C13H16BrN3O2/c1-2-6-16-13(18)17-8-5-10(9-17)19-12-11(14)4-3-7-15-12/h2-4,7,10H,1,5-6,8-9H2,(H,16,18). The number of hydrogen-bond donors (Lipinski definition) is 1. The van der Waals surface area contributed by atoms with Crippen LogP contribution in [0.5, 0.6) is 5.88 Å². The molecule has 1 unspecified atom stereocenters. The van der Waals surface area contributed by atoms with Gasteiger partial charge in [0.05, 0.1) is 11.0 Å². The van der Waals surface area contributed by atoms with Gasteiger partial charge in [-0.1, -0.05) is 6.08 Å². The second-order valence-electron chi connectivity index (χ2n) is 4.24. The third-order valence-electron chi connectivity index (χ3n) is 2.83. The first-order valence-corrected chi connectivity index (χ1v) is 6.91. The lowest BCUT2D eigenvalue weighted by molar-refractivity contribution is 0.183. The van der Waals surface area contributed by atoms with Gasteiger partial charge in [0.15, 0.2) is 0 Å². The number of halogens is 1. The number of hydrogen-bond acceptors (Lipinski definition) is 3. The number of urea groups is 1. The van der Waals surface area contributed by atoms with Crippen LogP contribution < -0.4 is 10.1 Å². The smallest absolute Gasteiger partial charge is 0.317 e. The number of amides is 2. The summed E-state index contributed by atoms with van der Waals surface area (Å²) in [6, 6.07) is 3.64. The molecule has 5 nitrogen and oxygen atoms in total. The minimum atomic E-state index is -0.0777. The van der Waals surface area contributed by atoms with Crippen LogP contribution in [0.25, 0.3) is 0 Å². The highest BCUT2D eigenvalue weighted by molar-refractivity contribution is 9.10. The van der Waals surface area contributed by atoms with Crippen LogP contribution in [0.4, 0.5) is 4.79 Å². The molecule has 2 rings (SSSR count). The van der Waals surface area contributed by atoms with Gasteiger partial charge < -0.3 is 15.0 Å². The number of ether oxygens (including phenoxy) is 1. The Kier molecular flexibility index (Phi) is 4.79. The van der Waals surface area contributed by atoms with E-state index >= 15 is 0 Å². The normalized spacial score (nSPS) is 18.2. The predicted octanol–water partition coefficient (Wildman–Crippen LogP) is 2.19. The maximum absolute atomic E-state index is 11.8. The van der Waals surface area contributed by atoms with E-state index in [0.29, 0.717) is 25.5 Å². The fourth-order valence-corrected chi connectivity index (χ4v) is 2.24. The van der Waals surface area contributed by atoms with Crippen molar-refractivity contribution in [3.63, 3.8) is 0 Å². The Bertz CT molecular complexity index is 467. The zero-order chi connectivity index (χ0) is 13.7. The molecule has 1 aliphatic heterocycles. The molecule has 6 heteroatoms. The van der Waals surface area contributed by atoms with Crippen LogP contribution >= 0.6 is 15.9 Å². The van der Waals surface area contributed by atoms with Crippen molar-refractivity contribution in [2.24, 2.45) is 0 Å².